The summed E-state index contributed by atoms with van der Waals surface area (Å²) >= 11 is 0. The highest BCUT2D eigenvalue weighted by atomic mass is 16.5. The number of ether oxygens (including phenoxy) is 2. The van der Waals surface area contributed by atoms with E-state index in [1.807, 2.05) is 24.3 Å². The average molecular weight is 283 g/mol. The minimum atomic E-state index is -0.0833. The van der Waals surface area contributed by atoms with Crippen LogP contribution in [-0.2, 0) is 0 Å². The van der Waals surface area contributed by atoms with Gasteiger partial charge in [0.25, 0.3) is 0 Å². The van der Waals surface area contributed by atoms with Gasteiger partial charge >= 0.3 is 0 Å². The van der Waals surface area contributed by atoms with Gasteiger partial charge in [0.15, 0.2) is 5.78 Å². The average Bonchev–Trinajstić information content (AvgIpc) is 2.55. The van der Waals surface area contributed by atoms with E-state index in [9.17, 15) is 4.79 Å². The van der Waals surface area contributed by atoms with E-state index in [2.05, 4.69) is 5.32 Å². The van der Waals surface area contributed by atoms with Crippen LogP contribution >= 0.6 is 0 Å². The molecular weight excluding hydrogens is 266 g/mol. The van der Waals surface area contributed by atoms with Crippen molar-refractivity contribution in [3.8, 4) is 11.5 Å². The quantitative estimate of drug-likeness (QED) is 0.651. The molecule has 21 heavy (non-hydrogen) atoms. The molecule has 0 spiro atoms. The minimum absolute atomic E-state index is 0.0833. The van der Waals surface area contributed by atoms with Gasteiger partial charge in [-0.05, 0) is 36.4 Å². The van der Waals surface area contributed by atoms with Crippen molar-refractivity contribution >= 4 is 11.5 Å². The van der Waals surface area contributed by atoms with Gasteiger partial charge in [-0.1, -0.05) is 12.1 Å². The number of benzene rings is 2. The van der Waals surface area contributed by atoms with E-state index < -0.39 is 0 Å². The second-order valence-electron chi connectivity index (χ2n) is 4.27. The Balaban J connectivity index is 2.01. The Morgan fingerprint density at radius 3 is 2.38 bits per heavy atom. The van der Waals surface area contributed by atoms with Gasteiger partial charge in [0.2, 0.25) is 0 Å². The number of nitrogens with one attached hydrogen (secondary N) is 1. The molecule has 0 aliphatic carbocycles. The second-order valence-corrected chi connectivity index (χ2v) is 4.27. The second kappa shape index (κ2) is 7.14. The van der Waals surface area contributed by atoms with Gasteiger partial charge in [-0.25, -0.2) is 0 Å². The Morgan fingerprint density at radius 1 is 1.00 bits per heavy atom. The molecule has 0 amide bonds. The van der Waals surface area contributed by atoms with Crippen molar-refractivity contribution in [2.24, 2.45) is 0 Å². The molecule has 2 aromatic rings. The lowest BCUT2D eigenvalue weighted by Crippen LogP contribution is -1.97. The highest BCUT2D eigenvalue weighted by molar-refractivity contribution is 6.04. The summed E-state index contributed by atoms with van der Waals surface area (Å²) in [6.45, 7) is 0. The van der Waals surface area contributed by atoms with Gasteiger partial charge in [0.1, 0.15) is 11.5 Å². The van der Waals surface area contributed by atoms with Crippen LogP contribution in [0.25, 0.3) is 0 Å². The van der Waals surface area contributed by atoms with Crippen LogP contribution in [-0.4, -0.2) is 20.0 Å². The highest BCUT2D eigenvalue weighted by Crippen LogP contribution is 2.22. The lowest BCUT2D eigenvalue weighted by molar-refractivity contribution is 0.104. The van der Waals surface area contributed by atoms with Gasteiger partial charge in [0, 0.05) is 17.8 Å². The largest absolute Gasteiger partial charge is 0.497 e. The Hall–Kier alpha value is -2.75. The van der Waals surface area contributed by atoms with Crippen LogP contribution in [0.3, 0.4) is 0 Å². The third-order valence-electron chi connectivity index (χ3n) is 2.96. The van der Waals surface area contributed by atoms with Gasteiger partial charge in [-0.2, -0.15) is 0 Å². The number of carbonyl (C=O) groups is 1. The normalized spacial score (nSPS) is 10.4. The Bertz CT molecular complexity index is 633. The Morgan fingerprint density at radius 2 is 1.71 bits per heavy atom. The predicted octanol–water partition coefficient (Wildman–Crippen LogP) is 3.51. The van der Waals surface area contributed by atoms with Crippen LogP contribution in [0.1, 0.15) is 10.4 Å². The third-order valence-corrected chi connectivity index (χ3v) is 2.96. The first-order valence-electron chi connectivity index (χ1n) is 6.49. The van der Waals surface area contributed by atoms with E-state index in [0.29, 0.717) is 5.56 Å². The summed E-state index contributed by atoms with van der Waals surface area (Å²) < 4.78 is 10.3. The zero-order valence-electron chi connectivity index (χ0n) is 12.0. The Kier molecular flexibility index (Phi) is 4.99. The molecule has 0 saturated carbocycles. The van der Waals surface area contributed by atoms with Crippen molar-refractivity contribution in [3.05, 3.63) is 66.4 Å². The molecule has 1 N–H and O–H groups in total. The summed E-state index contributed by atoms with van der Waals surface area (Å²) in [5.41, 5.74) is 1.41. The fourth-order valence-corrected chi connectivity index (χ4v) is 1.82. The number of allylic oxidation sites excluding steroid dienone is 1. The molecule has 2 aromatic carbocycles. The standard InChI is InChI=1S/C17H17NO3/c1-20-14-9-7-13(8-10-14)16(19)11-12-18-15-5-3-4-6-17(15)21-2/h3-12,18H,1-2H3. The zero-order chi connectivity index (χ0) is 15.1. The molecule has 0 saturated heterocycles. The smallest absolute Gasteiger partial charge is 0.187 e. The molecule has 0 radical (unpaired) electrons. The molecule has 0 aromatic heterocycles. The summed E-state index contributed by atoms with van der Waals surface area (Å²) in [5.74, 6) is 1.36. The number of methoxy groups -OCH3 is 2. The zero-order valence-corrected chi connectivity index (χ0v) is 12.0. The lowest BCUT2D eigenvalue weighted by Gasteiger charge is -2.06. The number of hydrogen-bond acceptors (Lipinski definition) is 4. The molecule has 0 heterocycles. The maximum Gasteiger partial charge on any atom is 0.187 e. The number of para-hydroxylation sites is 2. The number of carbonyl (C=O) groups excluding carboxylic acids is 1. The third kappa shape index (κ3) is 3.86. The summed E-state index contributed by atoms with van der Waals surface area (Å²) in [4.78, 5) is 12.0. The van der Waals surface area contributed by atoms with Crippen LogP contribution in [0.2, 0.25) is 0 Å². The maximum atomic E-state index is 12.0. The van der Waals surface area contributed by atoms with E-state index in [4.69, 9.17) is 9.47 Å². The highest BCUT2D eigenvalue weighted by Gasteiger charge is 2.02. The molecular formula is C17H17NO3. The number of anilines is 1. The van der Waals surface area contributed by atoms with Crippen molar-refractivity contribution in [1.29, 1.82) is 0 Å². The fraction of sp³-hybridized carbons (Fsp3) is 0.118. The van der Waals surface area contributed by atoms with Crippen LogP contribution in [0.15, 0.2) is 60.8 Å². The molecule has 0 aliphatic heterocycles. The molecule has 0 fully saturated rings. The summed E-state index contributed by atoms with van der Waals surface area (Å²) in [6, 6.07) is 14.5. The first kappa shape index (κ1) is 14.7. The van der Waals surface area contributed by atoms with E-state index in [1.165, 1.54) is 6.08 Å². The number of ketones is 1. The molecule has 0 atom stereocenters. The van der Waals surface area contributed by atoms with Gasteiger partial charge < -0.3 is 14.8 Å². The summed E-state index contributed by atoms with van der Waals surface area (Å²) in [5, 5.41) is 3.04. The first-order valence-corrected chi connectivity index (χ1v) is 6.49. The molecule has 4 nitrogen and oxygen atoms in total. The van der Waals surface area contributed by atoms with Crippen molar-refractivity contribution in [2.75, 3.05) is 19.5 Å². The first-order chi connectivity index (χ1) is 10.2. The number of hydrogen-bond donors (Lipinski definition) is 1. The topological polar surface area (TPSA) is 47.6 Å². The molecule has 4 heteroatoms. The van der Waals surface area contributed by atoms with Crippen LogP contribution in [0.4, 0.5) is 5.69 Å². The van der Waals surface area contributed by atoms with Crippen molar-refractivity contribution in [2.45, 2.75) is 0 Å². The van der Waals surface area contributed by atoms with Gasteiger partial charge in [0.05, 0.1) is 19.9 Å². The van der Waals surface area contributed by atoms with Crippen molar-refractivity contribution in [3.63, 3.8) is 0 Å². The van der Waals surface area contributed by atoms with Gasteiger partial charge in [-0.15, -0.1) is 0 Å². The summed E-state index contributed by atoms with van der Waals surface area (Å²) in [6.07, 6.45) is 3.08. The monoisotopic (exact) mass is 283 g/mol. The van der Waals surface area contributed by atoms with E-state index in [-0.39, 0.29) is 5.78 Å². The molecule has 0 bridgehead atoms. The van der Waals surface area contributed by atoms with E-state index in [1.54, 1.807) is 44.7 Å². The molecule has 108 valence electrons. The van der Waals surface area contributed by atoms with Crippen molar-refractivity contribution in [1.82, 2.24) is 0 Å². The Labute approximate surface area is 124 Å². The van der Waals surface area contributed by atoms with Crippen molar-refractivity contribution < 1.29 is 14.3 Å². The molecule has 0 unspecified atom stereocenters. The van der Waals surface area contributed by atoms with Gasteiger partial charge in [-0.3, -0.25) is 4.79 Å². The minimum Gasteiger partial charge on any atom is -0.497 e. The van der Waals surface area contributed by atoms with E-state index >= 15 is 0 Å². The number of rotatable bonds is 6. The van der Waals surface area contributed by atoms with E-state index in [0.717, 1.165) is 17.2 Å². The van der Waals surface area contributed by atoms with Crippen LogP contribution in [0.5, 0.6) is 11.5 Å². The summed E-state index contributed by atoms with van der Waals surface area (Å²) in [7, 11) is 3.20. The lowest BCUT2D eigenvalue weighted by atomic mass is 10.1. The van der Waals surface area contributed by atoms with Crippen LogP contribution in [0, 0.1) is 0 Å². The molecule has 0 aliphatic rings. The maximum absolute atomic E-state index is 12.0. The SMILES string of the molecule is COc1ccc(C(=O)C=CNc2ccccc2OC)cc1. The fourth-order valence-electron chi connectivity index (χ4n) is 1.82. The van der Waals surface area contributed by atoms with Crippen LogP contribution < -0.4 is 14.8 Å². The predicted molar refractivity (Wildman–Crippen MR) is 83.1 cm³/mol. The molecule has 2 rings (SSSR count).